The van der Waals surface area contributed by atoms with Crippen LogP contribution in [-0.2, 0) is 5.41 Å². The number of rotatable bonds is 2. The molecule has 27 heavy (non-hydrogen) atoms. The minimum Gasteiger partial charge on any atom is -0.370 e. The Balaban J connectivity index is 1.89. The van der Waals surface area contributed by atoms with Gasteiger partial charge in [0.25, 0.3) is 0 Å². The Morgan fingerprint density at radius 2 is 1.70 bits per heavy atom. The number of allylic oxidation sites excluding steroid dienone is 3. The van der Waals surface area contributed by atoms with Crippen LogP contribution in [0.5, 0.6) is 0 Å². The molecule has 0 saturated heterocycles. The van der Waals surface area contributed by atoms with Crippen LogP contribution in [0.25, 0.3) is 0 Å². The van der Waals surface area contributed by atoms with E-state index in [0.717, 1.165) is 0 Å². The maximum absolute atomic E-state index is 2.83. The summed E-state index contributed by atoms with van der Waals surface area (Å²) in [6.45, 7) is 19.6. The highest BCUT2D eigenvalue weighted by molar-refractivity contribution is 6.76. The standard InChI is InChI=1S/C25H37NSi/c1-24(2,3)17-13-14-21-19(15-17)22-23(26(21)16-27(6,7)8)18-11-9-10-12-20(18)25(22,4)5/h9-15,18,20,22-23H,16H2,1-8H3. The van der Waals surface area contributed by atoms with Gasteiger partial charge in [0.1, 0.15) is 0 Å². The molecule has 0 bridgehead atoms. The molecule has 146 valence electrons. The van der Waals surface area contributed by atoms with Gasteiger partial charge in [-0.25, -0.2) is 0 Å². The van der Waals surface area contributed by atoms with E-state index in [4.69, 9.17) is 0 Å². The van der Waals surface area contributed by atoms with Crippen LogP contribution in [0.1, 0.15) is 51.7 Å². The van der Waals surface area contributed by atoms with Crippen LogP contribution >= 0.6 is 0 Å². The average molecular weight is 380 g/mol. The number of fused-ring (bicyclic) bond motifs is 5. The van der Waals surface area contributed by atoms with Crippen LogP contribution in [0.4, 0.5) is 5.69 Å². The van der Waals surface area contributed by atoms with Crippen LogP contribution < -0.4 is 4.90 Å². The zero-order valence-electron chi connectivity index (χ0n) is 18.5. The van der Waals surface area contributed by atoms with E-state index in [2.05, 4.69) is 102 Å². The first-order chi connectivity index (χ1) is 12.4. The molecule has 0 N–H and O–H groups in total. The van der Waals surface area contributed by atoms with Crippen molar-refractivity contribution >= 4 is 13.8 Å². The minimum atomic E-state index is -1.22. The van der Waals surface area contributed by atoms with E-state index in [-0.39, 0.29) is 10.8 Å². The molecule has 1 heterocycles. The summed E-state index contributed by atoms with van der Waals surface area (Å²) in [5.41, 5.74) is 5.11. The predicted octanol–water partition coefficient (Wildman–Crippen LogP) is 6.53. The van der Waals surface area contributed by atoms with Crippen molar-refractivity contribution in [2.24, 2.45) is 17.3 Å². The van der Waals surface area contributed by atoms with Crippen molar-refractivity contribution in [1.29, 1.82) is 0 Å². The number of nitrogens with zero attached hydrogens (tertiary/aromatic N) is 1. The second-order valence-corrected chi connectivity index (χ2v) is 17.3. The molecule has 0 aromatic heterocycles. The van der Waals surface area contributed by atoms with Gasteiger partial charge in [-0.2, -0.15) is 0 Å². The van der Waals surface area contributed by atoms with Gasteiger partial charge >= 0.3 is 0 Å². The summed E-state index contributed by atoms with van der Waals surface area (Å²) < 4.78 is 0. The predicted molar refractivity (Wildman–Crippen MR) is 121 cm³/mol. The number of anilines is 1. The largest absolute Gasteiger partial charge is 0.370 e. The first kappa shape index (κ1) is 19.1. The lowest BCUT2D eigenvalue weighted by molar-refractivity contribution is 0.260. The van der Waals surface area contributed by atoms with Crippen LogP contribution in [-0.4, -0.2) is 20.3 Å². The Bertz CT molecular complexity index is 803. The molecule has 1 aromatic rings. The topological polar surface area (TPSA) is 3.24 Å². The van der Waals surface area contributed by atoms with Crippen LogP contribution in [0, 0.1) is 17.3 Å². The second kappa shape index (κ2) is 5.86. The minimum absolute atomic E-state index is 0.200. The van der Waals surface area contributed by atoms with Gasteiger partial charge in [0, 0.05) is 29.7 Å². The molecular weight excluding hydrogens is 342 g/mol. The van der Waals surface area contributed by atoms with E-state index < -0.39 is 8.07 Å². The molecule has 1 aromatic carbocycles. The van der Waals surface area contributed by atoms with Crippen molar-refractivity contribution in [2.45, 2.75) is 71.6 Å². The summed E-state index contributed by atoms with van der Waals surface area (Å²) in [6, 6.07) is 8.01. The molecule has 1 saturated carbocycles. The summed E-state index contributed by atoms with van der Waals surface area (Å²) in [5.74, 6) is 1.90. The fraction of sp³-hybridized carbons (Fsp3) is 0.600. The Morgan fingerprint density at radius 3 is 2.33 bits per heavy atom. The summed E-state index contributed by atoms with van der Waals surface area (Å²) in [7, 11) is -1.22. The van der Waals surface area contributed by atoms with Crippen LogP contribution in [0.3, 0.4) is 0 Å². The van der Waals surface area contributed by atoms with Crippen molar-refractivity contribution in [3.05, 3.63) is 53.6 Å². The molecule has 0 radical (unpaired) electrons. The maximum atomic E-state index is 2.83. The first-order valence-electron chi connectivity index (χ1n) is 10.7. The summed E-state index contributed by atoms with van der Waals surface area (Å²) in [4.78, 5) is 2.83. The Morgan fingerprint density at radius 1 is 1.04 bits per heavy atom. The van der Waals surface area contributed by atoms with Crippen LogP contribution in [0.2, 0.25) is 19.6 Å². The average Bonchev–Trinajstić information content (AvgIpc) is 2.98. The number of hydrogen-bond donors (Lipinski definition) is 0. The SMILES string of the molecule is CC(C)(C)c1ccc2c(c1)C1C(C3C=CC=CC3C1(C)C)N2C[Si](C)(C)C. The normalized spacial score (nSPS) is 31.0. The second-order valence-electron chi connectivity index (χ2n) is 11.9. The smallest absolute Gasteiger partial charge is 0.0665 e. The van der Waals surface area contributed by atoms with Crippen molar-refractivity contribution in [1.82, 2.24) is 0 Å². The summed E-state index contributed by atoms with van der Waals surface area (Å²) >= 11 is 0. The van der Waals surface area contributed by atoms with E-state index in [1.807, 2.05) is 0 Å². The highest BCUT2D eigenvalue weighted by atomic mass is 28.3. The molecule has 1 aliphatic heterocycles. The molecule has 4 rings (SSSR count). The molecule has 0 amide bonds. The number of benzene rings is 1. The van der Waals surface area contributed by atoms with Gasteiger partial charge in [0.05, 0.1) is 8.07 Å². The molecule has 1 nitrogen and oxygen atoms in total. The van der Waals surface area contributed by atoms with Gasteiger partial charge in [-0.05, 0) is 33.9 Å². The van der Waals surface area contributed by atoms with E-state index >= 15 is 0 Å². The van der Waals surface area contributed by atoms with Gasteiger partial charge in [0.2, 0.25) is 0 Å². The highest BCUT2D eigenvalue weighted by Crippen LogP contribution is 2.64. The molecular formula is C25H37NSi. The van der Waals surface area contributed by atoms with Gasteiger partial charge in [-0.1, -0.05) is 90.7 Å². The molecule has 1 fully saturated rings. The Labute approximate surface area is 167 Å². The molecule has 4 atom stereocenters. The number of hydrogen-bond acceptors (Lipinski definition) is 1. The van der Waals surface area contributed by atoms with E-state index in [1.165, 1.54) is 17.4 Å². The third-order valence-electron chi connectivity index (χ3n) is 7.12. The van der Waals surface area contributed by atoms with Crippen molar-refractivity contribution in [3.63, 3.8) is 0 Å². The Hall–Kier alpha value is -1.28. The van der Waals surface area contributed by atoms with Crippen molar-refractivity contribution < 1.29 is 0 Å². The lowest BCUT2D eigenvalue weighted by Gasteiger charge is -2.36. The fourth-order valence-corrected chi connectivity index (χ4v) is 7.33. The molecule has 3 aliphatic rings. The van der Waals surface area contributed by atoms with Crippen molar-refractivity contribution in [2.75, 3.05) is 11.1 Å². The Kier molecular flexibility index (Phi) is 4.13. The maximum Gasteiger partial charge on any atom is 0.0665 e. The molecule has 4 unspecified atom stereocenters. The van der Waals surface area contributed by atoms with Gasteiger partial charge in [0.15, 0.2) is 0 Å². The quantitative estimate of drug-likeness (QED) is 0.528. The van der Waals surface area contributed by atoms with Gasteiger partial charge in [-0.15, -0.1) is 0 Å². The summed E-state index contributed by atoms with van der Waals surface area (Å²) in [6.07, 6.45) is 10.8. The third-order valence-corrected chi connectivity index (χ3v) is 8.41. The zero-order chi connectivity index (χ0) is 19.8. The van der Waals surface area contributed by atoms with Gasteiger partial charge < -0.3 is 4.90 Å². The third kappa shape index (κ3) is 2.95. The molecule has 2 aliphatic carbocycles. The lowest BCUT2D eigenvalue weighted by Crippen LogP contribution is -2.46. The van der Waals surface area contributed by atoms with E-state index in [9.17, 15) is 0 Å². The summed E-state index contributed by atoms with van der Waals surface area (Å²) in [5, 5.41) is 0. The first-order valence-corrected chi connectivity index (χ1v) is 14.4. The fourth-order valence-electron chi connectivity index (χ4n) is 5.93. The van der Waals surface area contributed by atoms with E-state index in [0.29, 0.717) is 23.8 Å². The highest BCUT2D eigenvalue weighted by Gasteiger charge is 2.60. The van der Waals surface area contributed by atoms with Crippen LogP contribution in [0.15, 0.2) is 42.5 Å². The van der Waals surface area contributed by atoms with E-state index in [1.54, 1.807) is 5.56 Å². The monoisotopic (exact) mass is 379 g/mol. The zero-order valence-corrected chi connectivity index (χ0v) is 19.5. The molecule has 0 spiro atoms. The van der Waals surface area contributed by atoms with Crippen molar-refractivity contribution in [3.8, 4) is 0 Å². The van der Waals surface area contributed by atoms with Gasteiger partial charge in [-0.3, -0.25) is 0 Å². The lowest BCUT2D eigenvalue weighted by atomic mass is 9.70. The molecule has 2 heteroatoms.